The Kier molecular flexibility index (Phi) is 2.67. The molecule has 0 bridgehead atoms. The predicted molar refractivity (Wildman–Crippen MR) is 64.1 cm³/mol. The van der Waals surface area contributed by atoms with Gasteiger partial charge in [0.1, 0.15) is 17.7 Å². The molecule has 0 aromatic carbocycles. The van der Waals surface area contributed by atoms with Gasteiger partial charge in [0.05, 0.1) is 18.1 Å². The summed E-state index contributed by atoms with van der Waals surface area (Å²) < 4.78 is 0. The highest BCUT2D eigenvalue weighted by atomic mass is 15.1. The van der Waals surface area contributed by atoms with E-state index in [-0.39, 0.29) is 0 Å². The Labute approximate surface area is 103 Å². The largest absolute Gasteiger partial charge is 0.260 e. The summed E-state index contributed by atoms with van der Waals surface area (Å²) in [4.78, 5) is 16.5. The van der Waals surface area contributed by atoms with Crippen molar-refractivity contribution in [2.75, 3.05) is 0 Å². The molecule has 86 valence electrons. The van der Waals surface area contributed by atoms with Gasteiger partial charge in [0, 0.05) is 24.2 Å². The van der Waals surface area contributed by atoms with Crippen LogP contribution < -0.4 is 0 Å². The molecule has 3 heterocycles. The van der Waals surface area contributed by atoms with E-state index in [0.29, 0.717) is 17.1 Å². The van der Waals surface area contributed by atoms with Gasteiger partial charge in [-0.1, -0.05) is 0 Å². The van der Waals surface area contributed by atoms with Gasteiger partial charge >= 0.3 is 0 Å². The quantitative estimate of drug-likeness (QED) is 0.669. The normalized spacial score (nSPS) is 10.2. The lowest BCUT2D eigenvalue weighted by Crippen LogP contribution is -1.93. The molecule has 0 aliphatic rings. The zero-order valence-corrected chi connectivity index (χ0v) is 9.30. The van der Waals surface area contributed by atoms with E-state index >= 15 is 0 Å². The van der Waals surface area contributed by atoms with Gasteiger partial charge in [-0.25, -0.2) is 15.0 Å². The average molecular weight is 236 g/mol. The summed E-state index contributed by atoms with van der Waals surface area (Å²) in [5.41, 5.74) is 2.88. The molecule has 0 spiro atoms. The zero-order chi connectivity index (χ0) is 12.2. The Balaban J connectivity index is 2.05. The molecule has 0 radical (unpaired) electrons. The van der Waals surface area contributed by atoms with Crippen molar-refractivity contribution in [3.63, 3.8) is 0 Å². The first-order chi connectivity index (χ1) is 8.93. The van der Waals surface area contributed by atoms with E-state index in [9.17, 15) is 0 Å². The summed E-state index contributed by atoms with van der Waals surface area (Å²) in [6.45, 7) is 0. The van der Waals surface area contributed by atoms with E-state index in [0.717, 1.165) is 5.56 Å². The predicted octanol–water partition coefficient (Wildman–Crippen LogP) is 1.39. The van der Waals surface area contributed by atoms with Crippen LogP contribution in [-0.2, 0) is 0 Å². The molecule has 0 atom stereocenters. The number of rotatable bonds is 2. The fourth-order valence-electron chi connectivity index (χ4n) is 1.50. The smallest absolute Gasteiger partial charge is 0.115 e. The number of hydrogen-bond donors (Lipinski definition) is 0. The van der Waals surface area contributed by atoms with Crippen LogP contribution >= 0.6 is 0 Å². The van der Waals surface area contributed by atoms with Crippen LogP contribution in [0.4, 0.5) is 0 Å². The number of hydrogen-bond acceptors (Lipinski definition) is 6. The van der Waals surface area contributed by atoms with Crippen LogP contribution in [0, 0.1) is 0 Å². The fourth-order valence-corrected chi connectivity index (χ4v) is 1.50. The summed E-state index contributed by atoms with van der Waals surface area (Å²) in [7, 11) is 0. The van der Waals surface area contributed by atoms with Crippen LogP contribution in [0.1, 0.15) is 0 Å². The summed E-state index contributed by atoms with van der Waals surface area (Å²) >= 11 is 0. The molecule has 3 aromatic heterocycles. The second kappa shape index (κ2) is 4.62. The maximum absolute atomic E-state index is 4.47. The third kappa shape index (κ3) is 2.03. The summed E-state index contributed by atoms with van der Waals surface area (Å²) in [5.74, 6) is 0. The third-order valence-electron chi connectivity index (χ3n) is 2.33. The fraction of sp³-hybridized carbons (Fsp3) is 0. The maximum atomic E-state index is 4.47. The Morgan fingerprint density at radius 1 is 0.778 bits per heavy atom. The van der Waals surface area contributed by atoms with Crippen LogP contribution in [0.2, 0.25) is 0 Å². The van der Waals surface area contributed by atoms with E-state index in [2.05, 4.69) is 30.1 Å². The minimum absolute atomic E-state index is 0.671. The highest BCUT2D eigenvalue weighted by molar-refractivity contribution is 5.60. The first kappa shape index (κ1) is 10.4. The lowest BCUT2D eigenvalue weighted by molar-refractivity contribution is 1.02. The van der Waals surface area contributed by atoms with Gasteiger partial charge in [0.2, 0.25) is 0 Å². The van der Waals surface area contributed by atoms with Crippen LogP contribution in [-0.4, -0.2) is 30.1 Å². The molecule has 0 fully saturated rings. The highest BCUT2D eigenvalue weighted by Crippen LogP contribution is 2.17. The molecule has 0 saturated carbocycles. The van der Waals surface area contributed by atoms with Crippen molar-refractivity contribution in [3.8, 4) is 22.6 Å². The standard InChI is InChI=1S/C12H8N6/c1-2-10(18-16-3-1)12-7-13-6-11(17-12)9-4-14-8-15-5-9/h1-8H. The van der Waals surface area contributed by atoms with Gasteiger partial charge in [-0.15, -0.1) is 5.10 Å². The molecule has 0 saturated heterocycles. The van der Waals surface area contributed by atoms with Gasteiger partial charge in [0.25, 0.3) is 0 Å². The number of aromatic nitrogens is 6. The van der Waals surface area contributed by atoms with Crippen LogP contribution in [0.3, 0.4) is 0 Å². The van der Waals surface area contributed by atoms with Gasteiger partial charge < -0.3 is 0 Å². The summed E-state index contributed by atoms with van der Waals surface area (Å²) in [6, 6.07) is 3.64. The molecule has 0 aliphatic heterocycles. The van der Waals surface area contributed by atoms with Crippen LogP contribution in [0.25, 0.3) is 22.6 Å². The molecule has 0 amide bonds. The van der Waals surface area contributed by atoms with E-state index in [4.69, 9.17) is 0 Å². The molecule has 0 unspecified atom stereocenters. The molecule has 3 aromatic rings. The van der Waals surface area contributed by atoms with Crippen LogP contribution in [0.5, 0.6) is 0 Å². The third-order valence-corrected chi connectivity index (χ3v) is 2.33. The molecule has 0 N–H and O–H groups in total. The topological polar surface area (TPSA) is 77.3 Å². The van der Waals surface area contributed by atoms with Gasteiger partial charge in [-0.3, -0.25) is 4.98 Å². The lowest BCUT2D eigenvalue weighted by atomic mass is 10.2. The molecular weight excluding hydrogens is 228 g/mol. The average Bonchev–Trinajstić information content (AvgIpc) is 2.49. The lowest BCUT2D eigenvalue weighted by Gasteiger charge is -2.02. The van der Waals surface area contributed by atoms with E-state index in [1.54, 1.807) is 31.0 Å². The van der Waals surface area contributed by atoms with Crippen molar-refractivity contribution in [2.45, 2.75) is 0 Å². The Morgan fingerprint density at radius 3 is 2.39 bits per heavy atom. The Bertz CT molecular complexity index is 586. The van der Waals surface area contributed by atoms with Crippen molar-refractivity contribution in [3.05, 3.63) is 49.4 Å². The van der Waals surface area contributed by atoms with Gasteiger partial charge in [-0.05, 0) is 12.1 Å². The zero-order valence-electron chi connectivity index (χ0n) is 9.30. The molecule has 18 heavy (non-hydrogen) atoms. The molecule has 6 heteroatoms. The SMILES string of the molecule is c1cnnc(-c2cncc(-c3cncnc3)n2)c1. The first-order valence-corrected chi connectivity index (χ1v) is 5.29. The maximum Gasteiger partial charge on any atom is 0.115 e. The van der Waals surface area contributed by atoms with E-state index in [1.807, 2.05) is 12.1 Å². The van der Waals surface area contributed by atoms with E-state index < -0.39 is 0 Å². The Morgan fingerprint density at radius 2 is 1.61 bits per heavy atom. The molecule has 3 rings (SSSR count). The van der Waals surface area contributed by atoms with Gasteiger partial charge in [0.15, 0.2) is 0 Å². The van der Waals surface area contributed by atoms with Crippen molar-refractivity contribution in [2.24, 2.45) is 0 Å². The Hall–Kier alpha value is -2.76. The molecule has 0 aliphatic carbocycles. The van der Waals surface area contributed by atoms with Crippen molar-refractivity contribution in [1.29, 1.82) is 0 Å². The van der Waals surface area contributed by atoms with E-state index in [1.165, 1.54) is 6.33 Å². The second-order valence-corrected chi connectivity index (χ2v) is 3.53. The number of nitrogens with zero attached hydrogens (tertiary/aromatic N) is 6. The molecule has 6 nitrogen and oxygen atoms in total. The van der Waals surface area contributed by atoms with Crippen molar-refractivity contribution < 1.29 is 0 Å². The monoisotopic (exact) mass is 236 g/mol. The summed E-state index contributed by atoms with van der Waals surface area (Å²) in [6.07, 6.45) is 9.79. The summed E-state index contributed by atoms with van der Waals surface area (Å²) in [5, 5.41) is 7.82. The second-order valence-electron chi connectivity index (χ2n) is 3.53. The molecular formula is C12H8N6. The minimum atomic E-state index is 0.671. The highest BCUT2D eigenvalue weighted by Gasteiger charge is 2.05. The minimum Gasteiger partial charge on any atom is -0.260 e. The van der Waals surface area contributed by atoms with Crippen molar-refractivity contribution >= 4 is 0 Å². The van der Waals surface area contributed by atoms with Gasteiger partial charge in [-0.2, -0.15) is 5.10 Å². The first-order valence-electron chi connectivity index (χ1n) is 5.29. The van der Waals surface area contributed by atoms with Crippen molar-refractivity contribution in [1.82, 2.24) is 30.1 Å². The van der Waals surface area contributed by atoms with Crippen LogP contribution in [0.15, 0.2) is 49.4 Å².